The van der Waals surface area contributed by atoms with Crippen molar-refractivity contribution in [2.75, 3.05) is 6.61 Å². The van der Waals surface area contributed by atoms with E-state index < -0.39 is 0 Å². The molecule has 1 saturated carbocycles. The molecule has 1 aromatic carbocycles. The van der Waals surface area contributed by atoms with Crippen molar-refractivity contribution in [3.63, 3.8) is 0 Å². The number of nitrogens with two attached hydrogens (primary N) is 1. The first kappa shape index (κ1) is 14.2. The summed E-state index contributed by atoms with van der Waals surface area (Å²) < 4.78 is 5.78. The van der Waals surface area contributed by atoms with Crippen molar-refractivity contribution in [1.82, 2.24) is 0 Å². The van der Waals surface area contributed by atoms with Gasteiger partial charge in [0.25, 0.3) is 0 Å². The molecular formula is C17H24ClNO. The highest BCUT2D eigenvalue weighted by atomic mass is 35.5. The van der Waals surface area contributed by atoms with E-state index in [4.69, 9.17) is 22.1 Å². The molecule has 20 heavy (non-hydrogen) atoms. The van der Waals surface area contributed by atoms with Gasteiger partial charge in [0.2, 0.25) is 0 Å². The van der Waals surface area contributed by atoms with E-state index in [0.717, 1.165) is 41.7 Å². The number of hydrogen-bond acceptors (Lipinski definition) is 2. The van der Waals surface area contributed by atoms with Crippen LogP contribution in [0.15, 0.2) is 12.1 Å². The van der Waals surface area contributed by atoms with Gasteiger partial charge in [0.05, 0.1) is 6.61 Å². The van der Waals surface area contributed by atoms with Gasteiger partial charge in [0.1, 0.15) is 5.75 Å². The maximum Gasteiger partial charge on any atom is 0.127 e. The molecule has 0 spiro atoms. The summed E-state index contributed by atoms with van der Waals surface area (Å²) in [5.41, 5.74) is 8.83. The lowest BCUT2D eigenvalue weighted by Gasteiger charge is -2.21. The monoisotopic (exact) mass is 293 g/mol. The first-order valence-electron chi connectivity index (χ1n) is 7.95. The van der Waals surface area contributed by atoms with Crippen LogP contribution in [0.3, 0.4) is 0 Å². The highest BCUT2D eigenvalue weighted by Gasteiger charge is 2.24. The van der Waals surface area contributed by atoms with Gasteiger partial charge in [-0.3, -0.25) is 0 Å². The Morgan fingerprint density at radius 1 is 1.20 bits per heavy atom. The SMILES string of the molecule is NC(CC1CCCCCC1)c1cc(Cl)cc2c1OCC2. The van der Waals surface area contributed by atoms with Crippen LogP contribution in [0, 0.1) is 5.92 Å². The van der Waals surface area contributed by atoms with Gasteiger partial charge in [-0.1, -0.05) is 50.1 Å². The molecule has 1 aliphatic heterocycles. The van der Waals surface area contributed by atoms with E-state index in [0.29, 0.717) is 0 Å². The standard InChI is InChI=1S/C17H24ClNO/c18-14-10-13-7-8-20-17(13)15(11-14)16(19)9-12-5-3-1-2-4-6-12/h10-12,16H,1-9,19H2. The Morgan fingerprint density at radius 2 is 1.95 bits per heavy atom. The zero-order chi connectivity index (χ0) is 13.9. The lowest BCUT2D eigenvalue weighted by molar-refractivity contribution is 0.343. The zero-order valence-electron chi connectivity index (χ0n) is 12.0. The summed E-state index contributed by atoms with van der Waals surface area (Å²) in [5.74, 6) is 1.78. The van der Waals surface area contributed by atoms with Gasteiger partial charge in [-0.25, -0.2) is 0 Å². The number of hydrogen-bond donors (Lipinski definition) is 1. The van der Waals surface area contributed by atoms with E-state index in [1.807, 2.05) is 12.1 Å². The van der Waals surface area contributed by atoms with Crippen molar-refractivity contribution in [3.05, 3.63) is 28.3 Å². The molecule has 3 heteroatoms. The van der Waals surface area contributed by atoms with Crippen molar-refractivity contribution < 1.29 is 4.74 Å². The average molecular weight is 294 g/mol. The van der Waals surface area contributed by atoms with Crippen molar-refractivity contribution in [2.24, 2.45) is 11.7 Å². The van der Waals surface area contributed by atoms with Crippen LogP contribution in [0.5, 0.6) is 5.75 Å². The Bertz CT molecular complexity index is 466. The smallest absolute Gasteiger partial charge is 0.127 e. The summed E-state index contributed by atoms with van der Waals surface area (Å²) in [4.78, 5) is 0. The molecule has 2 aliphatic rings. The average Bonchev–Trinajstić information content (AvgIpc) is 2.74. The molecule has 1 aliphatic carbocycles. The van der Waals surface area contributed by atoms with Gasteiger partial charge >= 0.3 is 0 Å². The van der Waals surface area contributed by atoms with Crippen molar-refractivity contribution >= 4 is 11.6 Å². The molecule has 0 radical (unpaired) electrons. The van der Waals surface area contributed by atoms with Crippen LogP contribution in [-0.4, -0.2) is 6.61 Å². The first-order chi connectivity index (χ1) is 9.74. The largest absolute Gasteiger partial charge is 0.493 e. The fourth-order valence-electron chi connectivity index (χ4n) is 3.66. The van der Waals surface area contributed by atoms with Gasteiger partial charge in [-0.05, 0) is 30.0 Å². The summed E-state index contributed by atoms with van der Waals surface area (Å²) in [6.07, 6.45) is 10.2. The molecule has 0 amide bonds. The van der Waals surface area contributed by atoms with Gasteiger partial charge in [-0.15, -0.1) is 0 Å². The van der Waals surface area contributed by atoms with Crippen LogP contribution in [0.25, 0.3) is 0 Å². The van der Waals surface area contributed by atoms with Crippen LogP contribution in [0.2, 0.25) is 5.02 Å². The quantitative estimate of drug-likeness (QED) is 0.824. The Morgan fingerprint density at radius 3 is 2.70 bits per heavy atom. The van der Waals surface area contributed by atoms with Gasteiger partial charge in [0.15, 0.2) is 0 Å². The molecule has 2 nitrogen and oxygen atoms in total. The molecule has 0 bridgehead atoms. The topological polar surface area (TPSA) is 35.2 Å². The van der Waals surface area contributed by atoms with Crippen LogP contribution in [0.1, 0.15) is 62.1 Å². The number of benzene rings is 1. The molecule has 1 atom stereocenters. The normalized spacial score (nSPS) is 21.1. The molecule has 2 N–H and O–H groups in total. The molecule has 1 aromatic rings. The fourth-order valence-corrected chi connectivity index (χ4v) is 3.91. The zero-order valence-corrected chi connectivity index (χ0v) is 12.8. The Hall–Kier alpha value is -0.730. The Balaban J connectivity index is 1.75. The van der Waals surface area contributed by atoms with Gasteiger partial charge < -0.3 is 10.5 Å². The van der Waals surface area contributed by atoms with E-state index >= 15 is 0 Å². The van der Waals surface area contributed by atoms with Crippen LogP contribution >= 0.6 is 11.6 Å². The lowest BCUT2D eigenvalue weighted by atomic mass is 9.89. The predicted octanol–water partition coefficient (Wildman–Crippen LogP) is 4.64. The van der Waals surface area contributed by atoms with Crippen molar-refractivity contribution in [1.29, 1.82) is 0 Å². The number of rotatable bonds is 3. The maximum atomic E-state index is 6.48. The van der Waals surface area contributed by atoms with Crippen LogP contribution in [-0.2, 0) is 6.42 Å². The third-order valence-corrected chi connectivity index (χ3v) is 4.96. The summed E-state index contributed by atoms with van der Waals surface area (Å²) in [7, 11) is 0. The van der Waals surface area contributed by atoms with Crippen molar-refractivity contribution in [2.45, 2.75) is 57.4 Å². The first-order valence-corrected chi connectivity index (χ1v) is 8.32. The molecular weight excluding hydrogens is 270 g/mol. The molecule has 1 heterocycles. The van der Waals surface area contributed by atoms with Crippen molar-refractivity contribution in [3.8, 4) is 5.75 Å². The lowest BCUT2D eigenvalue weighted by Crippen LogP contribution is -2.16. The molecule has 110 valence electrons. The minimum Gasteiger partial charge on any atom is -0.493 e. The highest BCUT2D eigenvalue weighted by molar-refractivity contribution is 6.30. The predicted molar refractivity (Wildman–Crippen MR) is 83.4 cm³/mol. The van der Waals surface area contributed by atoms with E-state index in [2.05, 4.69) is 0 Å². The second-order valence-electron chi connectivity index (χ2n) is 6.28. The number of fused-ring (bicyclic) bond motifs is 1. The Labute approximate surface area is 126 Å². The molecule has 3 rings (SSSR count). The van der Waals surface area contributed by atoms with Gasteiger partial charge in [0, 0.05) is 23.0 Å². The molecule has 1 fully saturated rings. The molecule has 0 aromatic heterocycles. The molecule has 0 saturated heterocycles. The minimum absolute atomic E-state index is 0.0589. The Kier molecular flexibility index (Phi) is 4.52. The van der Waals surface area contributed by atoms with E-state index in [1.54, 1.807) is 0 Å². The third-order valence-electron chi connectivity index (χ3n) is 4.74. The van der Waals surface area contributed by atoms with E-state index in [9.17, 15) is 0 Å². The third kappa shape index (κ3) is 3.12. The second kappa shape index (κ2) is 6.36. The molecule has 1 unspecified atom stereocenters. The summed E-state index contributed by atoms with van der Waals surface area (Å²) in [5, 5.41) is 0.792. The minimum atomic E-state index is 0.0589. The van der Waals surface area contributed by atoms with E-state index in [1.165, 1.54) is 44.1 Å². The van der Waals surface area contributed by atoms with Crippen LogP contribution in [0.4, 0.5) is 0 Å². The fraction of sp³-hybridized carbons (Fsp3) is 0.647. The number of halogens is 1. The maximum absolute atomic E-state index is 6.48. The summed E-state index contributed by atoms with van der Waals surface area (Å²) in [6, 6.07) is 4.09. The van der Waals surface area contributed by atoms with E-state index in [-0.39, 0.29) is 6.04 Å². The number of ether oxygens (including phenoxy) is 1. The van der Waals surface area contributed by atoms with Crippen LogP contribution < -0.4 is 10.5 Å². The second-order valence-corrected chi connectivity index (χ2v) is 6.72. The summed E-state index contributed by atoms with van der Waals surface area (Å²) in [6.45, 7) is 0.763. The van der Waals surface area contributed by atoms with Gasteiger partial charge in [-0.2, -0.15) is 0 Å². The summed E-state index contributed by atoms with van der Waals surface area (Å²) >= 11 is 6.23. The highest BCUT2D eigenvalue weighted by Crippen LogP contribution is 2.39.